The van der Waals surface area contributed by atoms with Crippen molar-refractivity contribution in [1.82, 2.24) is 29.7 Å². The third-order valence-electron chi connectivity index (χ3n) is 4.47. The number of nitrogens with zero attached hydrogens (tertiary/aromatic N) is 7. The van der Waals surface area contributed by atoms with Crippen LogP contribution >= 0.6 is 0 Å². The van der Waals surface area contributed by atoms with Crippen molar-refractivity contribution < 1.29 is 4.52 Å². The van der Waals surface area contributed by atoms with E-state index in [4.69, 9.17) is 4.52 Å². The molecule has 3 aromatic heterocycles. The Labute approximate surface area is 139 Å². The molecule has 1 aliphatic heterocycles. The molecule has 0 aromatic carbocycles. The van der Waals surface area contributed by atoms with E-state index in [1.165, 1.54) is 0 Å². The highest BCUT2D eigenvalue weighted by atomic mass is 16.5. The topological polar surface area (TPSA) is 85.8 Å². The van der Waals surface area contributed by atoms with Crippen molar-refractivity contribution in [2.45, 2.75) is 38.5 Å². The third-order valence-corrected chi connectivity index (χ3v) is 4.47. The zero-order valence-corrected chi connectivity index (χ0v) is 14.2. The molecule has 1 fully saturated rings. The first-order valence-corrected chi connectivity index (χ1v) is 8.34. The van der Waals surface area contributed by atoms with Crippen LogP contribution < -0.4 is 4.90 Å². The van der Waals surface area contributed by atoms with Gasteiger partial charge in [0.25, 0.3) is 0 Å². The molecule has 0 aliphatic carbocycles. The first kappa shape index (κ1) is 15.0. The molecular weight excluding hydrogens is 306 g/mol. The number of rotatable bonds is 3. The molecule has 0 spiro atoms. The van der Waals surface area contributed by atoms with Crippen molar-refractivity contribution in [1.29, 1.82) is 0 Å². The fourth-order valence-electron chi connectivity index (χ4n) is 3.07. The zero-order valence-electron chi connectivity index (χ0n) is 14.2. The van der Waals surface area contributed by atoms with Crippen LogP contribution in [0.15, 0.2) is 17.0 Å². The lowest BCUT2D eigenvalue weighted by Gasteiger charge is -2.30. The maximum absolute atomic E-state index is 5.48. The van der Waals surface area contributed by atoms with Crippen molar-refractivity contribution in [3.8, 4) is 0 Å². The first-order chi connectivity index (χ1) is 11.6. The van der Waals surface area contributed by atoms with Gasteiger partial charge in [0.1, 0.15) is 5.52 Å². The number of fused-ring (bicyclic) bond motifs is 1. The van der Waals surface area contributed by atoms with Crippen molar-refractivity contribution >= 4 is 17.1 Å². The predicted molar refractivity (Wildman–Crippen MR) is 88.9 cm³/mol. The Morgan fingerprint density at radius 2 is 2.12 bits per heavy atom. The van der Waals surface area contributed by atoms with E-state index in [1.807, 2.05) is 11.6 Å². The van der Waals surface area contributed by atoms with Crippen LogP contribution in [0.25, 0.3) is 11.2 Å². The maximum atomic E-state index is 5.48. The fraction of sp³-hybridized carbons (Fsp3) is 0.562. The van der Waals surface area contributed by atoms with Gasteiger partial charge in [0.15, 0.2) is 11.5 Å². The second kappa shape index (κ2) is 5.85. The summed E-state index contributed by atoms with van der Waals surface area (Å²) < 4.78 is 7.40. The monoisotopic (exact) mass is 327 g/mol. The van der Waals surface area contributed by atoms with Crippen LogP contribution in [0, 0.1) is 0 Å². The zero-order chi connectivity index (χ0) is 16.7. The van der Waals surface area contributed by atoms with Gasteiger partial charge in [0.05, 0.1) is 18.4 Å². The summed E-state index contributed by atoms with van der Waals surface area (Å²) in [5, 5.41) is 4.09. The van der Waals surface area contributed by atoms with Crippen molar-refractivity contribution in [2.24, 2.45) is 7.05 Å². The van der Waals surface area contributed by atoms with Gasteiger partial charge in [-0.15, -0.1) is 0 Å². The highest BCUT2D eigenvalue weighted by Crippen LogP contribution is 2.28. The van der Waals surface area contributed by atoms with Crippen LogP contribution in [0.1, 0.15) is 50.2 Å². The number of aromatic nitrogens is 6. The van der Waals surface area contributed by atoms with E-state index < -0.39 is 0 Å². The number of aryl methyl sites for hydroxylation is 1. The highest BCUT2D eigenvalue weighted by molar-refractivity contribution is 5.70. The number of hydrogen-bond donors (Lipinski definition) is 0. The Balaban J connectivity index is 1.57. The normalized spacial score (nSPS) is 18.7. The van der Waals surface area contributed by atoms with E-state index in [-0.39, 0.29) is 11.8 Å². The van der Waals surface area contributed by atoms with Gasteiger partial charge >= 0.3 is 0 Å². The second-order valence-corrected chi connectivity index (χ2v) is 6.67. The van der Waals surface area contributed by atoms with Crippen molar-refractivity contribution in [3.05, 3.63) is 24.2 Å². The van der Waals surface area contributed by atoms with Gasteiger partial charge in [-0.25, -0.2) is 9.97 Å². The van der Waals surface area contributed by atoms with E-state index >= 15 is 0 Å². The Hall–Kier alpha value is -2.51. The SMILES string of the molecule is CC(C)c1noc(C2CCCN(c3ncc4ncn(C)c4n3)C2)n1. The summed E-state index contributed by atoms with van der Waals surface area (Å²) in [5.41, 5.74) is 1.66. The lowest BCUT2D eigenvalue weighted by Crippen LogP contribution is -2.35. The Bertz CT molecular complexity index is 853. The average molecular weight is 327 g/mol. The molecule has 0 N–H and O–H groups in total. The average Bonchev–Trinajstić information content (AvgIpc) is 3.22. The molecule has 0 amide bonds. The van der Waals surface area contributed by atoms with Crippen molar-refractivity contribution in [3.63, 3.8) is 0 Å². The third kappa shape index (κ3) is 2.61. The van der Waals surface area contributed by atoms with E-state index in [0.717, 1.165) is 54.8 Å². The molecule has 126 valence electrons. The van der Waals surface area contributed by atoms with Crippen LogP contribution in [-0.2, 0) is 7.05 Å². The Kier molecular flexibility index (Phi) is 3.66. The quantitative estimate of drug-likeness (QED) is 0.729. The summed E-state index contributed by atoms with van der Waals surface area (Å²) in [5.74, 6) is 2.74. The molecule has 1 saturated heterocycles. The minimum absolute atomic E-state index is 0.226. The molecule has 24 heavy (non-hydrogen) atoms. The number of imidazole rings is 1. The molecule has 4 rings (SSSR count). The molecule has 1 aliphatic rings. The molecule has 0 saturated carbocycles. The van der Waals surface area contributed by atoms with Crippen LogP contribution in [0.2, 0.25) is 0 Å². The fourth-order valence-corrected chi connectivity index (χ4v) is 3.07. The summed E-state index contributed by atoms with van der Waals surface area (Å²) in [4.78, 5) is 20.2. The molecule has 8 heteroatoms. The van der Waals surface area contributed by atoms with E-state index in [1.54, 1.807) is 12.5 Å². The van der Waals surface area contributed by atoms with Gasteiger partial charge in [-0.3, -0.25) is 0 Å². The Morgan fingerprint density at radius 1 is 1.25 bits per heavy atom. The number of piperidine rings is 1. The molecule has 1 atom stereocenters. The van der Waals surface area contributed by atoms with E-state index in [9.17, 15) is 0 Å². The van der Waals surface area contributed by atoms with Gasteiger partial charge in [-0.1, -0.05) is 19.0 Å². The summed E-state index contributed by atoms with van der Waals surface area (Å²) >= 11 is 0. The molecule has 1 unspecified atom stereocenters. The number of hydrogen-bond acceptors (Lipinski definition) is 7. The molecular formula is C16H21N7O. The minimum Gasteiger partial charge on any atom is -0.340 e. The van der Waals surface area contributed by atoms with Gasteiger partial charge in [-0.05, 0) is 12.8 Å². The minimum atomic E-state index is 0.226. The van der Waals surface area contributed by atoms with E-state index in [0.29, 0.717) is 0 Å². The van der Waals surface area contributed by atoms with Gasteiger partial charge < -0.3 is 14.0 Å². The van der Waals surface area contributed by atoms with Crippen LogP contribution in [0.3, 0.4) is 0 Å². The van der Waals surface area contributed by atoms with Gasteiger partial charge in [0.2, 0.25) is 11.8 Å². The molecule has 0 bridgehead atoms. The summed E-state index contributed by atoms with van der Waals surface area (Å²) in [6.45, 7) is 5.87. The highest BCUT2D eigenvalue weighted by Gasteiger charge is 2.28. The first-order valence-electron chi connectivity index (χ1n) is 8.34. The summed E-state index contributed by atoms with van der Waals surface area (Å²) in [6.07, 6.45) is 5.64. The molecule has 8 nitrogen and oxygen atoms in total. The Morgan fingerprint density at radius 3 is 2.92 bits per heavy atom. The standard InChI is InChI=1S/C16H21N7O/c1-10(2)13-19-15(24-21-13)11-5-4-6-23(8-11)16-17-7-12-14(20-16)22(3)9-18-12/h7,9-11H,4-6,8H2,1-3H3. The molecule has 0 radical (unpaired) electrons. The van der Waals surface area contributed by atoms with Crippen LogP contribution in [-0.4, -0.2) is 42.7 Å². The summed E-state index contributed by atoms with van der Waals surface area (Å²) in [6, 6.07) is 0. The van der Waals surface area contributed by atoms with Gasteiger partial charge in [0, 0.05) is 26.1 Å². The predicted octanol–water partition coefficient (Wildman–Crippen LogP) is 2.25. The summed E-state index contributed by atoms with van der Waals surface area (Å²) in [7, 11) is 1.94. The van der Waals surface area contributed by atoms with E-state index in [2.05, 4.69) is 43.8 Å². The smallest absolute Gasteiger partial charge is 0.231 e. The maximum Gasteiger partial charge on any atom is 0.231 e. The molecule has 3 aromatic rings. The number of anilines is 1. The second-order valence-electron chi connectivity index (χ2n) is 6.67. The van der Waals surface area contributed by atoms with Crippen molar-refractivity contribution in [2.75, 3.05) is 18.0 Å². The van der Waals surface area contributed by atoms with Gasteiger partial charge in [-0.2, -0.15) is 9.97 Å². The lowest BCUT2D eigenvalue weighted by molar-refractivity contribution is 0.329. The van der Waals surface area contributed by atoms with Crippen LogP contribution in [0.4, 0.5) is 5.95 Å². The lowest BCUT2D eigenvalue weighted by atomic mass is 9.98. The largest absolute Gasteiger partial charge is 0.340 e. The molecule has 4 heterocycles. The van der Waals surface area contributed by atoms with Crippen LogP contribution in [0.5, 0.6) is 0 Å².